The molecular weight excluding hydrogens is 338 g/mol. The molecule has 0 amide bonds. The fourth-order valence-electron chi connectivity index (χ4n) is 3.13. The summed E-state index contributed by atoms with van der Waals surface area (Å²) >= 11 is 0. The maximum Gasteiger partial charge on any atom is 0.290 e. The van der Waals surface area contributed by atoms with Gasteiger partial charge in [-0.2, -0.15) is 4.98 Å². The summed E-state index contributed by atoms with van der Waals surface area (Å²) in [5.74, 6) is -0.774. The number of nitrogens with zero attached hydrogens (tertiary/aromatic N) is 4. The van der Waals surface area contributed by atoms with E-state index in [4.69, 9.17) is 10.5 Å². The van der Waals surface area contributed by atoms with Crippen LogP contribution in [-0.2, 0) is 4.74 Å². The van der Waals surface area contributed by atoms with Gasteiger partial charge in [0.2, 0.25) is 5.95 Å². The van der Waals surface area contributed by atoms with Crippen LogP contribution in [0.5, 0.6) is 0 Å². The molecule has 0 saturated carbocycles. The summed E-state index contributed by atoms with van der Waals surface area (Å²) in [5, 5.41) is 9.21. The average molecular weight is 355 g/mol. The van der Waals surface area contributed by atoms with Crippen molar-refractivity contribution < 1.29 is 14.6 Å². The van der Waals surface area contributed by atoms with E-state index in [0.717, 1.165) is 4.57 Å². The van der Waals surface area contributed by atoms with Crippen LogP contribution in [0, 0.1) is 0 Å². The minimum atomic E-state index is -0.628. The molecule has 1 aliphatic heterocycles. The van der Waals surface area contributed by atoms with Gasteiger partial charge in [-0.3, -0.25) is 14.2 Å². The lowest BCUT2D eigenvalue weighted by atomic mass is 10.2. The van der Waals surface area contributed by atoms with Crippen molar-refractivity contribution in [2.75, 3.05) is 12.3 Å². The second-order valence-electron chi connectivity index (χ2n) is 6.08. The lowest BCUT2D eigenvalue weighted by Gasteiger charge is -2.14. The number of benzene rings is 1. The molecule has 0 unspecified atom stereocenters. The molecule has 1 aliphatic rings. The van der Waals surface area contributed by atoms with Crippen LogP contribution in [0.15, 0.2) is 41.5 Å². The van der Waals surface area contributed by atoms with Crippen LogP contribution >= 0.6 is 0 Å². The molecule has 4 rings (SSSR count). The van der Waals surface area contributed by atoms with Crippen LogP contribution in [-0.4, -0.2) is 42.8 Å². The van der Waals surface area contributed by atoms with E-state index >= 15 is 0 Å². The third-order valence-corrected chi connectivity index (χ3v) is 4.45. The molecule has 134 valence electrons. The highest BCUT2D eigenvalue weighted by atomic mass is 16.5. The van der Waals surface area contributed by atoms with Crippen molar-refractivity contribution in [3.05, 3.63) is 52.6 Å². The van der Waals surface area contributed by atoms with Gasteiger partial charge < -0.3 is 15.6 Å². The molecule has 1 saturated heterocycles. The number of carbonyl (C=O) groups excluding carboxylic acids is 1. The zero-order chi connectivity index (χ0) is 18.3. The maximum atomic E-state index is 12.8. The van der Waals surface area contributed by atoms with Crippen LogP contribution in [0.1, 0.15) is 29.4 Å². The Morgan fingerprint density at radius 3 is 2.77 bits per heavy atom. The van der Waals surface area contributed by atoms with E-state index in [0.29, 0.717) is 18.4 Å². The van der Waals surface area contributed by atoms with Crippen molar-refractivity contribution in [2.45, 2.75) is 25.2 Å². The summed E-state index contributed by atoms with van der Waals surface area (Å²) in [5.41, 5.74) is 5.91. The number of nitrogens with two attached hydrogens (primary N) is 1. The fourth-order valence-corrected chi connectivity index (χ4v) is 3.13. The molecule has 0 aliphatic carbocycles. The first-order chi connectivity index (χ1) is 12.6. The van der Waals surface area contributed by atoms with Crippen LogP contribution in [0.3, 0.4) is 0 Å². The van der Waals surface area contributed by atoms with Gasteiger partial charge in [0.15, 0.2) is 11.2 Å². The third kappa shape index (κ3) is 2.57. The van der Waals surface area contributed by atoms with Crippen LogP contribution in [0.2, 0.25) is 0 Å². The Kier molecular flexibility index (Phi) is 4.02. The highest BCUT2D eigenvalue weighted by Gasteiger charge is 2.29. The summed E-state index contributed by atoms with van der Waals surface area (Å²) in [6, 6.07) is 8.36. The van der Waals surface area contributed by atoms with Gasteiger partial charge >= 0.3 is 0 Å². The summed E-state index contributed by atoms with van der Waals surface area (Å²) in [4.78, 5) is 33.7. The smallest absolute Gasteiger partial charge is 0.290 e. The second-order valence-corrected chi connectivity index (χ2v) is 6.08. The quantitative estimate of drug-likeness (QED) is 0.702. The van der Waals surface area contributed by atoms with Gasteiger partial charge in [-0.1, -0.05) is 18.2 Å². The number of hydrogen-bond donors (Lipinski definition) is 2. The van der Waals surface area contributed by atoms with Gasteiger partial charge in [-0.05, 0) is 25.0 Å². The number of aromatic nitrogens is 4. The fraction of sp³-hybridized carbons (Fsp3) is 0.294. The van der Waals surface area contributed by atoms with Crippen molar-refractivity contribution in [3.63, 3.8) is 0 Å². The zero-order valence-corrected chi connectivity index (χ0v) is 13.8. The first-order valence-corrected chi connectivity index (χ1v) is 8.21. The van der Waals surface area contributed by atoms with E-state index in [9.17, 15) is 14.7 Å². The highest BCUT2D eigenvalue weighted by molar-refractivity contribution is 5.98. The lowest BCUT2D eigenvalue weighted by molar-refractivity contribution is -0.0207. The van der Waals surface area contributed by atoms with Crippen molar-refractivity contribution in [1.29, 1.82) is 0 Å². The van der Waals surface area contributed by atoms with E-state index < -0.39 is 11.5 Å². The average Bonchev–Trinajstić information content (AvgIpc) is 3.28. The summed E-state index contributed by atoms with van der Waals surface area (Å²) < 4.78 is 8.14. The van der Waals surface area contributed by atoms with Crippen molar-refractivity contribution >= 4 is 23.0 Å². The van der Waals surface area contributed by atoms with Crippen LogP contribution in [0.25, 0.3) is 11.2 Å². The predicted octanol–water partition coefficient (Wildman–Crippen LogP) is 0.534. The van der Waals surface area contributed by atoms with Crippen molar-refractivity contribution in [2.24, 2.45) is 0 Å². The van der Waals surface area contributed by atoms with Crippen molar-refractivity contribution in [3.8, 4) is 0 Å². The monoisotopic (exact) mass is 355 g/mol. The van der Waals surface area contributed by atoms with E-state index in [1.165, 1.54) is 6.33 Å². The lowest BCUT2D eigenvalue weighted by Crippen LogP contribution is -2.31. The van der Waals surface area contributed by atoms with E-state index in [1.807, 2.05) is 0 Å². The number of ether oxygens (including phenoxy) is 1. The summed E-state index contributed by atoms with van der Waals surface area (Å²) in [6.07, 6.45) is 2.16. The van der Waals surface area contributed by atoms with Gasteiger partial charge in [0, 0.05) is 5.56 Å². The van der Waals surface area contributed by atoms with Crippen molar-refractivity contribution in [1.82, 2.24) is 19.1 Å². The normalized spacial score (nSPS) is 19.9. The second kappa shape index (κ2) is 6.36. The number of nitrogen functional groups attached to an aromatic ring is 1. The number of anilines is 1. The Morgan fingerprint density at radius 2 is 2.08 bits per heavy atom. The molecule has 0 spiro atoms. The Bertz CT molecular complexity index is 1030. The molecule has 2 aromatic heterocycles. The van der Waals surface area contributed by atoms with E-state index in [-0.39, 0.29) is 36.1 Å². The first-order valence-electron chi connectivity index (χ1n) is 8.21. The minimum absolute atomic E-state index is 0.0412. The molecule has 26 heavy (non-hydrogen) atoms. The van der Waals surface area contributed by atoms with E-state index in [2.05, 4.69) is 9.97 Å². The number of aliphatic hydroxyl groups is 1. The topological polar surface area (TPSA) is 125 Å². The molecule has 0 bridgehead atoms. The van der Waals surface area contributed by atoms with Gasteiger partial charge in [-0.25, -0.2) is 9.55 Å². The molecule has 1 fully saturated rings. The van der Waals surface area contributed by atoms with Gasteiger partial charge in [0.05, 0.1) is 19.0 Å². The van der Waals surface area contributed by atoms with E-state index in [1.54, 1.807) is 34.9 Å². The summed E-state index contributed by atoms with van der Waals surface area (Å²) in [7, 11) is 0. The molecule has 1 aromatic carbocycles. The molecular formula is C17H17N5O4. The Labute approximate surface area is 147 Å². The zero-order valence-electron chi connectivity index (χ0n) is 13.8. The Balaban J connectivity index is 1.79. The minimum Gasteiger partial charge on any atom is -0.394 e. The van der Waals surface area contributed by atoms with Gasteiger partial charge in [0.1, 0.15) is 6.23 Å². The first kappa shape index (κ1) is 16.4. The number of hydrogen-bond acceptors (Lipinski definition) is 7. The molecule has 9 nitrogen and oxygen atoms in total. The standard InChI is InChI=1S/C17H17N5O4/c18-17-20-14-13(19-9-21(14)12-7-6-11(8-23)26-12)16(25)22(17)15(24)10-4-2-1-3-5-10/h1-5,9,11-12,23H,6-8H2,(H2,18,20)/t11-,12+/m0/s1. The number of aliphatic hydroxyl groups excluding tert-OH is 1. The molecule has 3 heterocycles. The molecule has 0 radical (unpaired) electrons. The third-order valence-electron chi connectivity index (χ3n) is 4.45. The van der Waals surface area contributed by atoms with Gasteiger partial charge in [-0.15, -0.1) is 0 Å². The number of carbonyl (C=O) groups is 1. The SMILES string of the molecule is Nc1nc2c(ncn2[C@H]2CC[C@@H](CO)O2)c(=O)n1C(=O)c1ccccc1. The maximum absolute atomic E-state index is 12.8. The number of rotatable bonds is 3. The highest BCUT2D eigenvalue weighted by Crippen LogP contribution is 2.29. The Morgan fingerprint density at radius 1 is 1.31 bits per heavy atom. The largest absolute Gasteiger partial charge is 0.394 e. The van der Waals surface area contributed by atoms with Crippen LogP contribution in [0.4, 0.5) is 5.95 Å². The predicted molar refractivity (Wildman–Crippen MR) is 92.6 cm³/mol. The van der Waals surface area contributed by atoms with Crippen LogP contribution < -0.4 is 11.3 Å². The molecule has 3 N–H and O–H groups in total. The summed E-state index contributed by atoms with van der Waals surface area (Å²) in [6.45, 7) is -0.0723. The molecule has 3 aromatic rings. The number of imidazole rings is 1. The molecule has 9 heteroatoms. The molecule has 2 atom stereocenters. The Hall–Kier alpha value is -3.04. The number of fused-ring (bicyclic) bond motifs is 1. The van der Waals surface area contributed by atoms with Gasteiger partial charge in [0.25, 0.3) is 11.5 Å².